The Morgan fingerprint density at radius 3 is 2.77 bits per heavy atom. The summed E-state index contributed by atoms with van der Waals surface area (Å²) in [7, 11) is -0.766. The Balaban J connectivity index is 1.99. The van der Waals surface area contributed by atoms with Crippen molar-refractivity contribution in [2.24, 2.45) is 0 Å². The maximum Gasteiger partial charge on any atom is 0.139 e. The first-order valence-corrected chi connectivity index (χ1v) is 9.48. The van der Waals surface area contributed by atoms with Crippen LogP contribution in [0.5, 0.6) is 0 Å². The molecule has 22 heavy (non-hydrogen) atoms. The minimum absolute atomic E-state index is 0.127. The number of halogens is 1. The van der Waals surface area contributed by atoms with Crippen LogP contribution in [0.3, 0.4) is 0 Å². The SMILES string of the molecule is CCC1(CC)CN(c2cc3ccccc3c(Cl)n2)CCS1=O. The Bertz CT molecular complexity index is 715. The lowest BCUT2D eigenvalue weighted by molar-refractivity contribution is 0.494. The number of aromatic nitrogens is 1. The van der Waals surface area contributed by atoms with Crippen molar-refractivity contribution in [1.82, 2.24) is 4.98 Å². The van der Waals surface area contributed by atoms with Gasteiger partial charge in [-0.3, -0.25) is 4.21 Å². The van der Waals surface area contributed by atoms with Crippen LogP contribution in [0, 0.1) is 0 Å². The van der Waals surface area contributed by atoms with Gasteiger partial charge in [0.1, 0.15) is 11.0 Å². The standard InChI is InChI=1S/C17H21ClN2OS/c1-3-17(4-2)12-20(9-10-22(17)21)15-11-13-7-5-6-8-14(13)16(18)19-15/h5-8,11H,3-4,9-10,12H2,1-2H3. The third kappa shape index (κ3) is 2.63. The van der Waals surface area contributed by atoms with E-state index in [-0.39, 0.29) is 4.75 Å². The highest BCUT2D eigenvalue weighted by Gasteiger charge is 2.39. The summed E-state index contributed by atoms with van der Waals surface area (Å²) in [5.74, 6) is 1.60. The molecule has 0 aliphatic carbocycles. The Morgan fingerprint density at radius 2 is 2.05 bits per heavy atom. The van der Waals surface area contributed by atoms with E-state index < -0.39 is 10.8 Å². The summed E-state index contributed by atoms with van der Waals surface area (Å²) in [6.07, 6.45) is 1.85. The van der Waals surface area contributed by atoms with E-state index in [2.05, 4.69) is 35.9 Å². The zero-order chi connectivity index (χ0) is 15.7. The Morgan fingerprint density at radius 1 is 1.32 bits per heavy atom. The zero-order valence-electron chi connectivity index (χ0n) is 13.0. The average Bonchev–Trinajstić information content (AvgIpc) is 2.55. The van der Waals surface area contributed by atoms with Crippen LogP contribution in [0.4, 0.5) is 5.82 Å². The van der Waals surface area contributed by atoms with E-state index >= 15 is 0 Å². The van der Waals surface area contributed by atoms with Crippen LogP contribution in [-0.2, 0) is 10.8 Å². The number of anilines is 1. The monoisotopic (exact) mass is 336 g/mol. The smallest absolute Gasteiger partial charge is 0.139 e. The van der Waals surface area contributed by atoms with Crippen molar-refractivity contribution in [2.75, 3.05) is 23.7 Å². The van der Waals surface area contributed by atoms with Gasteiger partial charge in [0.25, 0.3) is 0 Å². The van der Waals surface area contributed by atoms with Crippen molar-refractivity contribution in [3.63, 3.8) is 0 Å². The van der Waals surface area contributed by atoms with E-state index in [0.717, 1.165) is 42.5 Å². The molecule has 1 saturated heterocycles. The van der Waals surface area contributed by atoms with Crippen molar-refractivity contribution in [3.05, 3.63) is 35.5 Å². The second-order valence-corrected chi connectivity index (χ2v) is 8.18. The van der Waals surface area contributed by atoms with Gasteiger partial charge in [-0.05, 0) is 24.3 Å². The van der Waals surface area contributed by atoms with Crippen LogP contribution in [0.1, 0.15) is 26.7 Å². The Kier molecular flexibility index (Phi) is 4.42. The predicted octanol–water partition coefficient (Wildman–Crippen LogP) is 4.02. The van der Waals surface area contributed by atoms with Crippen LogP contribution >= 0.6 is 11.6 Å². The van der Waals surface area contributed by atoms with Gasteiger partial charge >= 0.3 is 0 Å². The summed E-state index contributed by atoms with van der Waals surface area (Å²) >= 11 is 6.35. The van der Waals surface area contributed by atoms with E-state index in [4.69, 9.17) is 11.6 Å². The Hall–Kier alpha value is -1.13. The van der Waals surface area contributed by atoms with E-state index in [1.165, 1.54) is 0 Å². The van der Waals surface area contributed by atoms with Gasteiger partial charge in [0.2, 0.25) is 0 Å². The van der Waals surface area contributed by atoms with E-state index in [1.54, 1.807) is 0 Å². The number of hydrogen-bond acceptors (Lipinski definition) is 3. The third-order valence-corrected chi connectivity index (χ3v) is 7.32. The molecule has 118 valence electrons. The molecule has 1 unspecified atom stereocenters. The molecule has 0 amide bonds. The molecule has 1 atom stereocenters. The molecule has 1 aliphatic rings. The van der Waals surface area contributed by atoms with Crippen LogP contribution in [-0.4, -0.2) is 32.8 Å². The fraction of sp³-hybridized carbons (Fsp3) is 0.471. The highest BCUT2D eigenvalue weighted by Crippen LogP contribution is 2.33. The van der Waals surface area contributed by atoms with E-state index in [0.29, 0.717) is 10.9 Å². The molecule has 0 spiro atoms. The van der Waals surface area contributed by atoms with Crippen LogP contribution < -0.4 is 4.90 Å². The zero-order valence-corrected chi connectivity index (χ0v) is 14.6. The van der Waals surface area contributed by atoms with Gasteiger partial charge in [0.15, 0.2) is 0 Å². The second-order valence-electron chi connectivity index (χ2n) is 5.85. The molecule has 1 fully saturated rings. The average molecular weight is 337 g/mol. The van der Waals surface area contributed by atoms with Gasteiger partial charge in [-0.1, -0.05) is 49.7 Å². The predicted molar refractivity (Wildman–Crippen MR) is 95.3 cm³/mol. The van der Waals surface area contributed by atoms with Gasteiger partial charge in [-0.15, -0.1) is 0 Å². The fourth-order valence-corrected chi connectivity index (χ4v) is 5.23. The summed E-state index contributed by atoms with van der Waals surface area (Å²) in [6.45, 7) is 5.82. The molecule has 5 heteroatoms. The summed E-state index contributed by atoms with van der Waals surface area (Å²) in [6, 6.07) is 10.1. The molecule has 0 radical (unpaired) electrons. The van der Waals surface area contributed by atoms with Crippen molar-refractivity contribution in [2.45, 2.75) is 31.4 Å². The number of benzene rings is 1. The lowest BCUT2D eigenvalue weighted by Crippen LogP contribution is -2.53. The number of rotatable bonds is 3. The lowest BCUT2D eigenvalue weighted by atomic mass is 10.0. The quantitative estimate of drug-likeness (QED) is 0.794. The molecule has 0 N–H and O–H groups in total. The van der Waals surface area contributed by atoms with Gasteiger partial charge in [0, 0.05) is 35.0 Å². The van der Waals surface area contributed by atoms with Crippen LogP contribution in [0.15, 0.2) is 30.3 Å². The lowest BCUT2D eigenvalue weighted by Gasteiger charge is -2.41. The maximum atomic E-state index is 12.5. The highest BCUT2D eigenvalue weighted by molar-refractivity contribution is 7.86. The van der Waals surface area contributed by atoms with E-state index in [1.807, 2.05) is 18.2 Å². The molecule has 2 aromatic rings. The first kappa shape index (κ1) is 15.8. The van der Waals surface area contributed by atoms with Crippen LogP contribution in [0.25, 0.3) is 10.8 Å². The number of fused-ring (bicyclic) bond motifs is 1. The number of hydrogen-bond donors (Lipinski definition) is 0. The number of nitrogens with zero attached hydrogens (tertiary/aromatic N) is 2. The van der Waals surface area contributed by atoms with E-state index in [9.17, 15) is 4.21 Å². The highest BCUT2D eigenvalue weighted by atomic mass is 35.5. The molecular weight excluding hydrogens is 316 g/mol. The molecule has 3 rings (SSSR count). The molecule has 1 aromatic carbocycles. The largest absolute Gasteiger partial charge is 0.354 e. The summed E-state index contributed by atoms with van der Waals surface area (Å²) in [5.41, 5.74) is 0. The Labute approximate surface area is 139 Å². The van der Waals surface area contributed by atoms with Crippen molar-refractivity contribution >= 4 is 39.0 Å². The molecule has 1 aliphatic heterocycles. The minimum Gasteiger partial charge on any atom is -0.354 e. The summed E-state index contributed by atoms with van der Waals surface area (Å²) in [5, 5.41) is 2.62. The van der Waals surface area contributed by atoms with Crippen molar-refractivity contribution < 1.29 is 4.21 Å². The summed E-state index contributed by atoms with van der Waals surface area (Å²) < 4.78 is 12.3. The summed E-state index contributed by atoms with van der Waals surface area (Å²) in [4.78, 5) is 6.82. The third-order valence-electron chi connectivity index (χ3n) is 4.80. The normalized spacial score (nSPS) is 21.2. The van der Waals surface area contributed by atoms with Crippen LogP contribution in [0.2, 0.25) is 5.15 Å². The van der Waals surface area contributed by atoms with Gasteiger partial charge < -0.3 is 4.90 Å². The van der Waals surface area contributed by atoms with Crippen molar-refractivity contribution in [1.29, 1.82) is 0 Å². The maximum absolute atomic E-state index is 12.5. The first-order valence-electron chi connectivity index (χ1n) is 7.78. The topological polar surface area (TPSA) is 33.2 Å². The second kappa shape index (κ2) is 6.17. The fourth-order valence-electron chi connectivity index (χ4n) is 3.20. The first-order chi connectivity index (χ1) is 10.6. The van der Waals surface area contributed by atoms with Gasteiger partial charge in [0.05, 0.1) is 4.75 Å². The van der Waals surface area contributed by atoms with Crippen molar-refractivity contribution in [3.8, 4) is 0 Å². The molecule has 2 heterocycles. The molecular formula is C17H21ClN2OS. The van der Waals surface area contributed by atoms with Gasteiger partial charge in [-0.2, -0.15) is 0 Å². The molecule has 0 saturated carbocycles. The van der Waals surface area contributed by atoms with Gasteiger partial charge in [-0.25, -0.2) is 4.98 Å². The number of pyridine rings is 1. The molecule has 0 bridgehead atoms. The molecule has 1 aromatic heterocycles. The molecule has 3 nitrogen and oxygen atoms in total. The minimum atomic E-state index is -0.766.